The zero-order valence-corrected chi connectivity index (χ0v) is 13.0. The Bertz CT molecular complexity index is 520. The van der Waals surface area contributed by atoms with Crippen molar-refractivity contribution in [3.63, 3.8) is 0 Å². The zero-order chi connectivity index (χ0) is 14.5. The number of benzene rings is 1. The topological polar surface area (TPSA) is 25.2 Å². The van der Waals surface area contributed by atoms with Crippen LogP contribution in [0.25, 0.3) is 0 Å². The van der Waals surface area contributed by atoms with Crippen molar-refractivity contribution in [3.05, 3.63) is 58.5 Å². The van der Waals surface area contributed by atoms with Crippen LogP contribution in [0.1, 0.15) is 41.4 Å². The summed E-state index contributed by atoms with van der Waals surface area (Å²) < 4.78 is 5.37. The normalized spacial score (nSPS) is 12.6. The van der Waals surface area contributed by atoms with E-state index in [1.807, 2.05) is 12.1 Å². The van der Waals surface area contributed by atoms with Gasteiger partial charge < -0.3 is 9.73 Å². The lowest BCUT2D eigenvalue weighted by Crippen LogP contribution is -2.26. The predicted octanol–water partition coefficient (Wildman–Crippen LogP) is 4.32. The molecule has 2 rings (SSSR count). The number of hydrogen-bond donors (Lipinski definition) is 1. The van der Waals surface area contributed by atoms with Crippen molar-refractivity contribution in [1.82, 2.24) is 5.32 Å². The van der Waals surface area contributed by atoms with Crippen molar-refractivity contribution >= 4 is 0 Å². The van der Waals surface area contributed by atoms with E-state index in [1.54, 1.807) is 6.26 Å². The number of aryl methyl sites for hydroxylation is 4. The summed E-state index contributed by atoms with van der Waals surface area (Å²) in [5.41, 5.74) is 5.54. The molecule has 20 heavy (non-hydrogen) atoms. The van der Waals surface area contributed by atoms with Crippen LogP contribution in [0, 0.1) is 20.8 Å². The van der Waals surface area contributed by atoms with Crippen molar-refractivity contribution in [2.24, 2.45) is 0 Å². The Balaban J connectivity index is 1.85. The first-order chi connectivity index (χ1) is 9.56. The Morgan fingerprint density at radius 1 is 1.15 bits per heavy atom. The second kappa shape index (κ2) is 6.76. The van der Waals surface area contributed by atoms with E-state index in [-0.39, 0.29) is 0 Å². The molecule has 1 aromatic heterocycles. The summed E-state index contributed by atoms with van der Waals surface area (Å²) in [4.78, 5) is 0. The lowest BCUT2D eigenvalue weighted by molar-refractivity contribution is 0.459. The molecule has 0 bridgehead atoms. The van der Waals surface area contributed by atoms with Gasteiger partial charge in [0.1, 0.15) is 5.76 Å². The van der Waals surface area contributed by atoms with Crippen LogP contribution in [-0.4, -0.2) is 6.04 Å². The van der Waals surface area contributed by atoms with Gasteiger partial charge in [-0.25, -0.2) is 0 Å². The first kappa shape index (κ1) is 14.9. The maximum Gasteiger partial charge on any atom is 0.103 e. The van der Waals surface area contributed by atoms with Gasteiger partial charge in [0, 0.05) is 19.0 Å². The molecule has 0 aliphatic heterocycles. The molecule has 1 aromatic carbocycles. The van der Waals surface area contributed by atoms with E-state index >= 15 is 0 Å². The van der Waals surface area contributed by atoms with E-state index in [0.29, 0.717) is 6.04 Å². The van der Waals surface area contributed by atoms with Crippen LogP contribution in [0.2, 0.25) is 0 Å². The van der Waals surface area contributed by atoms with E-state index in [9.17, 15) is 0 Å². The largest absolute Gasteiger partial charge is 0.469 e. The van der Waals surface area contributed by atoms with E-state index in [4.69, 9.17) is 4.42 Å². The number of rotatable bonds is 6. The molecule has 0 amide bonds. The predicted molar refractivity (Wildman–Crippen MR) is 84.0 cm³/mol. The molecule has 1 heterocycles. The fourth-order valence-corrected chi connectivity index (χ4v) is 2.68. The van der Waals surface area contributed by atoms with Crippen molar-refractivity contribution in [3.8, 4) is 0 Å². The Hall–Kier alpha value is -1.54. The quantitative estimate of drug-likeness (QED) is 0.846. The van der Waals surface area contributed by atoms with E-state index in [1.165, 1.54) is 22.3 Å². The van der Waals surface area contributed by atoms with Crippen molar-refractivity contribution < 1.29 is 4.42 Å². The van der Waals surface area contributed by atoms with Crippen LogP contribution in [0.3, 0.4) is 0 Å². The minimum Gasteiger partial charge on any atom is -0.469 e. The standard InChI is InChI=1S/C18H25NO/c1-13-10-14(2)18(15(3)11-13)12-19-16(4)7-8-17-6-5-9-20-17/h5-6,9-11,16,19H,7-8,12H2,1-4H3. The number of furan rings is 1. The Kier molecular flexibility index (Phi) is 5.02. The molecule has 2 heteroatoms. The van der Waals surface area contributed by atoms with Gasteiger partial charge in [-0.3, -0.25) is 0 Å². The molecule has 1 unspecified atom stereocenters. The summed E-state index contributed by atoms with van der Waals surface area (Å²) in [5, 5.41) is 3.62. The van der Waals surface area contributed by atoms with Crippen LogP contribution in [0.4, 0.5) is 0 Å². The van der Waals surface area contributed by atoms with E-state index in [0.717, 1.165) is 25.1 Å². The van der Waals surface area contributed by atoms with Crippen molar-refractivity contribution in [1.29, 1.82) is 0 Å². The zero-order valence-electron chi connectivity index (χ0n) is 13.0. The minimum atomic E-state index is 0.486. The van der Waals surface area contributed by atoms with Crippen molar-refractivity contribution in [2.45, 2.75) is 53.1 Å². The van der Waals surface area contributed by atoms with Gasteiger partial charge in [0.15, 0.2) is 0 Å². The number of hydrogen-bond acceptors (Lipinski definition) is 2. The molecule has 0 aliphatic carbocycles. The summed E-state index contributed by atoms with van der Waals surface area (Å²) in [6.07, 6.45) is 3.83. The summed E-state index contributed by atoms with van der Waals surface area (Å²) in [5.74, 6) is 1.07. The molecule has 1 atom stereocenters. The third-order valence-corrected chi connectivity index (χ3v) is 3.87. The molecular weight excluding hydrogens is 246 g/mol. The molecule has 0 saturated carbocycles. The lowest BCUT2D eigenvalue weighted by Gasteiger charge is -2.16. The molecule has 108 valence electrons. The average Bonchev–Trinajstić information content (AvgIpc) is 2.88. The fourth-order valence-electron chi connectivity index (χ4n) is 2.68. The van der Waals surface area contributed by atoms with Gasteiger partial charge in [0.2, 0.25) is 0 Å². The lowest BCUT2D eigenvalue weighted by atomic mass is 9.99. The Morgan fingerprint density at radius 2 is 1.85 bits per heavy atom. The molecule has 0 spiro atoms. The SMILES string of the molecule is Cc1cc(C)c(CNC(C)CCc2ccco2)c(C)c1. The molecule has 2 aromatic rings. The van der Waals surface area contributed by atoms with Crippen molar-refractivity contribution in [2.75, 3.05) is 0 Å². The van der Waals surface area contributed by atoms with Crippen LogP contribution in [0.15, 0.2) is 34.9 Å². The highest BCUT2D eigenvalue weighted by Gasteiger charge is 2.07. The first-order valence-corrected chi connectivity index (χ1v) is 7.38. The van der Waals surface area contributed by atoms with Gasteiger partial charge in [-0.1, -0.05) is 17.7 Å². The highest BCUT2D eigenvalue weighted by Crippen LogP contribution is 2.16. The minimum absolute atomic E-state index is 0.486. The maximum atomic E-state index is 5.37. The molecular formula is C18H25NO. The van der Waals surface area contributed by atoms with Gasteiger partial charge >= 0.3 is 0 Å². The van der Waals surface area contributed by atoms with Crippen LogP contribution < -0.4 is 5.32 Å². The molecule has 1 N–H and O–H groups in total. The van der Waals surface area contributed by atoms with Gasteiger partial charge in [-0.2, -0.15) is 0 Å². The third-order valence-electron chi connectivity index (χ3n) is 3.87. The smallest absolute Gasteiger partial charge is 0.103 e. The monoisotopic (exact) mass is 271 g/mol. The van der Waals surface area contributed by atoms with E-state index < -0.39 is 0 Å². The number of nitrogens with one attached hydrogen (secondary N) is 1. The molecule has 0 saturated heterocycles. The molecule has 0 aliphatic rings. The van der Waals surface area contributed by atoms with Crippen LogP contribution >= 0.6 is 0 Å². The third kappa shape index (κ3) is 3.97. The maximum absolute atomic E-state index is 5.37. The van der Waals surface area contributed by atoms with Crippen LogP contribution in [-0.2, 0) is 13.0 Å². The summed E-state index contributed by atoms with van der Waals surface area (Å²) in [7, 11) is 0. The highest BCUT2D eigenvalue weighted by atomic mass is 16.3. The van der Waals surface area contributed by atoms with Gasteiger partial charge in [0.25, 0.3) is 0 Å². The summed E-state index contributed by atoms with van der Waals surface area (Å²) >= 11 is 0. The van der Waals surface area contributed by atoms with E-state index in [2.05, 4.69) is 45.1 Å². The van der Waals surface area contributed by atoms with Crippen LogP contribution in [0.5, 0.6) is 0 Å². The molecule has 2 nitrogen and oxygen atoms in total. The first-order valence-electron chi connectivity index (χ1n) is 7.38. The molecule has 0 fully saturated rings. The summed E-state index contributed by atoms with van der Waals surface area (Å²) in [6.45, 7) is 9.73. The van der Waals surface area contributed by atoms with Gasteiger partial charge in [0.05, 0.1) is 6.26 Å². The average molecular weight is 271 g/mol. The molecule has 0 radical (unpaired) electrons. The second-order valence-electron chi connectivity index (χ2n) is 5.78. The second-order valence-corrected chi connectivity index (χ2v) is 5.78. The summed E-state index contributed by atoms with van der Waals surface area (Å²) in [6, 6.07) is 9.00. The Morgan fingerprint density at radius 3 is 2.45 bits per heavy atom. The van der Waals surface area contributed by atoms with Gasteiger partial charge in [-0.15, -0.1) is 0 Å². The Labute approximate surface area is 122 Å². The van der Waals surface area contributed by atoms with Gasteiger partial charge in [-0.05, 0) is 62.9 Å². The fraction of sp³-hybridized carbons (Fsp3) is 0.444. The highest BCUT2D eigenvalue weighted by molar-refractivity contribution is 5.37.